The van der Waals surface area contributed by atoms with Gasteiger partial charge in [-0.15, -0.1) is 0 Å². The topological polar surface area (TPSA) is 84.7 Å². The van der Waals surface area contributed by atoms with Gasteiger partial charge in [0.25, 0.3) is 0 Å². The summed E-state index contributed by atoms with van der Waals surface area (Å²) in [6, 6.07) is 0. The molecule has 1 amide bonds. The van der Waals surface area contributed by atoms with Crippen LogP contribution in [0.4, 0.5) is 4.79 Å². The van der Waals surface area contributed by atoms with Crippen molar-refractivity contribution >= 4 is 11.9 Å². The summed E-state index contributed by atoms with van der Waals surface area (Å²) in [6.07, 6.45) is 3.54. The van der Waals surface area contributed by atoms with Crippen LogP contribution in [0.1, 0.15) is 44.1 Å². The number of hydrogen-bond acceptors (Lipinski definition) is 5. The number of fused-ring (bicyclic) bond motifs is 1. The number of imidazole rings is 1. The lowest BCUT2D eigenvalue weighted by molar-refractivity contribution is -0.0603. The van der Waals surface area contributed by atoms with Crippen LogP contribution < -0.4 is 0 Å². The number of aromatic nitrogens is 2. The van der Waals surface area contributed by atoms with E-state index in [4.69, 9.17) is 4.74 Å². The molecule has 1 fully saturated rings. The maximum Gasteiger partial charge on any atom is 0.410 e. The molecule has 2 aliphatic heterocycles. The van der Waals surface area contributed by atoms with Crippen molar-refractivity contribution in [1.82, 2.24) is 14.5 Å². The first kappa shape index (κ1) is 16.0. The molecule has 0 aliphatic carbocycles. The number of aliphatic hydroxyl groups is 1. The van der Waals surface area contributed by atoms with E-state index < -0.39 is 17.1 Å². The largest absolute Gasteiger partial charge is 0.444 e. The van der Waals surface area contributed by atoms with E-state index in [-0.39, 0.29) is 11.9 Å². The summed E-state index contributed by atoms with van der Waals surface area (Å²) in [5, 5.41) is 10.9. The van der Waals surface area contributed by atoms with Crippen LogP contribution in [-0.2, 0) is 11.3 Å². The van der Waals surface area contributed by atoms with E-state index in [2.05, 4.69) is 4.98 Å². The highest BCUT2D eigenvalue weighted by atomic mass is 16.6. The van der Waals surface area contributed by atoms with E-state index in [9.17, 15) is 14.7 Å². The highest BCUT2D eigenvalue weighted by molar-refractivity contribution is 5.98. The van der Waals surface area contributed by atoms with E-state index in [1.165, 1.54) is 0 Å². The van der Waals surface area contributed by atoms with Crippen molar-refractivity contribution in [2.24, 2.45) is 5.92 Å². The maximum atomic E-state index is 12.4. The molecule has 1 unspecified atom stereocenters. The fourth-order valence-electron chi connectivity index (χ4n) is 3.29. The van der Waals surface area contributed by atoms with Crippen molar-refractivity contribution in [2.75, 3.05) is 13.1 Å². The van der Waals surface area contributed by atoms with E-state index in [0.717, 1.165) is 0 Å². The third kappa shape index (κ3) is 2.97. The summed E-state index contributed by atoms with van der Waals surface area (Å²) >= 11 is 0. The molecule has 0 radical (unpaired) electrons. The minimum atomic E-state index is -1.07. The highest BCUT2D eigenvalue weighted by Crippen LogP contribution is 2.36. The average molecular weight is 321 g/mol. The Balaban J connectivity index is 1.63. The van der Waals surface area contributed by atoms with Crippen molar-refractivity contribution < 1.29 is 19.4 Å². The molecule has 126 valence electrons. The zero-order chi connectivity index (χ0) is 16.8. The number of hydrogen-bond donors (Lipinski definition) is 1. The number of amides is 1. The van der Waals surface area contributed by atoms with Crippen LogP contribution in [0, 0.1) is 5.92 Å². The molecule has 7 heteroatoms. The van der Waals surface area contributed by atoms with Gasteiger partial charge in [0.1, 0.15) is 11.3 Å². The Morgan fingerprint density at radius 3 is 2.61 bits per heavy atom. The minimum Gasteiger partial charge on any atom is -0.444 e. The molecule has 0 bridgehead atoms. The molecule has 3 heterocycles. The second-order valence-electron chi connectivity index (χ2n) is 7.42. The number of carbonyl (C=O) groups is 2. The van der Waals surface area contributed by atoms with Gasteiger partial charge >= 0.3 is 6.09 Å². The maximum absolute atomic E-state index is 12.4. The van der Waals surface area contributed by atoms with Gasteiger partial charge in [0, 0.05) is 19.6 Å². The van der Waals surface area contributed by atoms with E-state index in [1.54, 1.807) is 22.0 Å². The molecule has 3 rings (SSSR count). The van der Waals surface area contributed by atoms with Crippen molar-refractivity contribution in [1.29, 1.82) is 0 Å². The summed E-state index contributed by atoms with van der Waals surface area (Å²) in [6.45, 7) is 6.71. The van der Waals surface area contributed by atoms with Gasteiger partial charge in [-0.25, -0.2) is 9.78 Å². The summed E-state index contributed by atoms with van der Waals surface area (Å²) < 4.78 is 7.14. The average Bonchev–Trinajstić information content (AvgIpc) is 3.01. The highest BCUT2D eigenvalue weighted by Gasteiger charge is 2.48. The van der Waals surface area contributed by atoms with Crippen molar-refractivity contribution in [2.45, 2.75) is 51.4 Å². The summed E-state index contributed by atoms with van der Waals surface area (Å²) in [5.41, 5.74) is -1.06. The monoisotopic (exact) mass is 321 g/mol. The first-order chi connectivity index (χ1) is 10.7. The molecule has 23 heavy (non-hydrogen) atoms. The zero-order valence-electron chi connectivity index (χ0n) is 13.8. The molecule has 0 spiro atoms. The summed E-state index contributed by atoms with van der Waals surface area (Å²) in [7, 11) is 0. The van der Waals surface area contributed by atoms with Gasteiger partial charge < -0.3 is 19.3 Å². The second-order valence-corrected chi connectivity index (χ2v) is 7.42. The predicted octanol–water partition coefficient (Wildman–Crippen LogP) is 1.46. The molecule has 1 aromatic rings. The molecule has 1 aromatic heterocycles. The number of Topliss-reactive ketones (excluding diaryl/α,β-unsaturated/α-hetero) is 1. The molecule has 0 saturated carbocycles. The molecule has 1 N–H and O–H groups in total. The van der Waals surface area contributed by atoms with Gasteiger partial charge in [0.15, 0.2) is 5.78 Å². The Hall–Kier alpha value is -1.89. The normalized spacial score (nSPS) is 23.7. The summed E-state index contributed by atoms with van der Waals surface area (Å²) in [5.74, 6) is -0.517. The Morgan fingerprint density at radius 2 is 2.04 bits per heavy atom. The lowest BCUT2D eigenvalue weighted by Gasteiger charge is -2.41. The molecule has 1 saturated heterocycles. The lowest BCUT2D eigenvalue weighted by Crippen LogP contribution is -2.52. The van der Waals surface area contributed by atoms with Crippen LogP contribution in [0.3, 0.4) is 0 Å². The van der Waals surface area contributed by atoms with E-state index in [0.29, 0.717) is 38.2 Å². The van der Waals surface area contributed by atoms with Crippen LogP contribution in [0.15, 0.2) is 12.5 Å². The van der Waals surface area contributed by atoms with Gasteiger partial charge in [0.05, 0.1) is 24.0 Å². The second kappa shape index (κ2) is 5.33. The molecule has 1 atom stereocenters. The Labute approximate surface area is 135 Å². The van der Waals surface area contributed by atoms with Gasteiger partial charge in [-0.2, -0.15) is 0 Å². The third-order valence-electron chi connectivity index (χ3n) is 4.59. The molecule has 2 aliphatic rings. The number of carbonyl (C=O) groups excluding carboxylic acids is 2. The first-order valence-electron chi connectivity index (χ1n) is 7.94. The van der Waals surface area contributed by atoms with Gasteiger partial charge in [-0.1, -0.05) is 0 Å². The van der Waals surface area contributed by atoms with Crippen molar-refractivity contribution in [3.63, 3.8) is 0 Å². The smallest absolute Gasteiger partial charge is 0.410 e. The van der Waals surface area contributed by atoms with Gasteiger partial charge in [-0.05, 0) is 33.6 Å². The number of ether oxygens (including phenoxy) is 1. The van der Waals surface area contributed by atoms with Crippen LogP contribution in [0.25, 0.3) is 0 Å². The number of nitrogens with zero attached hydrogens (tertiary/aromatic N) is 3. The number of ketones is 1. The SMILES string of the molecule is CC(C)(C)OC(=O)N1CCC(O)(C2Cn3cncc3C2=O)CC1. The Bertz CT molecular complexity index is 624. The van der Waals surface area contributed by atoms with Crippen molar-refractivity contribution in [3.8, 4) is 0 Å². The molecular weight excluding hydrogens is 298 g/mol. The molecule has 0 aromatic carbocycles. The van der Waals surface area contributed by atoms with Crippen LogP contribution in [-0.4, -0.2) is 55.7 Å². The Kier molecular flexibility index (Phi) is 3.71. The van der Waals surface area contributed by atoms with Crippen molar-refractivity contribution in [3.05, 3.63) is 18.2 Å². The zero-order valence-corrected chi connectivity index (χ0v) is 13.8. The fourth-order valence-corrected chi connectivity index (χ4v) is 3.29. The van der Waals surface area contributed by atoms with E-state index in [1.807, 2.05) is 20.8 Å². The van der Waals surface area contributed by atoms with Gasteiger partial charge in [0.2, 0.25) is 0 Å². The number of piperidine rings is 1. The number of rotatable bonds is 1. The Morgan fingerprint density at radius 1 is 1.39 bits per heavy atom. The predicted molar refractivity (Wildman–Crippen MR) is 82.0 cm³/mol. The lowest BCUT2D eigenvalue weighted by atomic mass is 9.78. The van der Waals surface area contributed by atoms with Crippen LogP contribution >= 0.6 is 0 Å². The quantitative estimate of drug-likeness (QED) is 0.846. The number of likely N-dealkylation sites (tertiary alicyclic amines) is 1. The minimum absolute atomic E-state index is 0.0595. The third-order valence-corrected chi connectivity index (χ3v) is 4.59. The fraction of sp³-hybridized carbons (Fsp3) is 0.688. The van der Waals surface area contributed by atoms with Crippen LogP contribution in [0.5, 0.6) is 0 Å². The van der Waals surface area contributed by atoms with Gasteiger partial charge in [-0.3, -0.25) is 4.79 Å². The molecular formula is C16H23N3O4. The first-order valence-corrected chi connectivity index (χ1v) is 7.94. The van der Waals surface area contributed by atoms with Crippen LogP contribution in [0.2, 0.25) is 0 Å². The van der Waals surface area contributed by atoms with E-state index >= 15 is 0 Å². The summed E-state index contributed by atoms with van der Waals surface area (Å²) in [4.78, 5) is 30.1. The molecule has 7 nitrogen and oxygen atoms in total. The standard InChI is InChI=1S/C16H23N3O4/c1-15(2,3)23-14(21)18-6-4-16(22,5-7-18)11-9-19-10-17-8-12(19)13(11)20/h8,10-11,22H,4-7,9H2,1-3H3.